The number of para-hydroxylation sites is 1. The molecule has 0 atom stereocenters. The van der Waals surface area contributed by atoms with Crippen LogP contribution in [0.2, 0.25) is 0 Å². The molecular weight excluding hydrogens is 329 g/mol. The molecule has 2 aromatic carbocycles. The smallest absolute Gasteiger partial charge is 0.316 e. The van der Waals surface area contributed by atoms with Crippen molar-refractivity contribution < 1.29 is 13.9 Å². The maximum atomic E-state index is 13.2. The molecule has 0 radical (unpaired) electrons. The third-order valence-corrected chi connectivity index (χ3v) is 4.20. The van der Waals surface area contributed by atoms with Crippen LogP contribution in [-0.2, 0) is 9.53 Å². The maximum absolute atomic E-state index is 13.2. The predicted molar refractivity (Wildman–Crippen MR) is 89.5 cm³/mol. The molecule has 122 valence electrons. The summed E-state index contributed by atoms with van der Waals surface area (Å²) in [6.45, 7) is 0. The first-order valence-corrected chi connectivity index (χ1v) is 8.14. The van der Waals surface area contributed by atoms with Crippen molar-refractivity contribution in [1.82, 2.24) is 14.8 Å². The Bertz CT molecular complexity index is 835. The van der Waals surface area contributed by atoms with E-state index in [1.807, 2.05) is 34.9 Å². The maximum Gasteiger partial charge on any atom is 0.316 e. The number of methoxy groups -OCH3 is 1. The minimum atomic E-state index is -0.342. The molecule has 0 saturated heterocycles. The zero-order chi connectivity index (χ0) is 16.9. The molecule has 0 N–H and O–H groups in total. The van der Waals surface area contributed by atoms with Crippen molar-refractivity contribution >= 4 is 17.7 Å². The number of hydrogen-bond donors (Lipinski definition) is 0. The highest BCUT2D eigenvalue weighted by atomic mass is 32.2. The molecule has 3 aromatic rings. The molecule has 0 fully saturated rings. The number of benzene rings is 2. The van der Waals surface area contributed by atoms with Crippen LogP contribution in [0.4, 0.5) is 4.39 Å². The first kappa shape index (κ1) is 16.2. The first-order valence-electron chi connectivity index (χ1n) is 7.15. The average Bonchev–Trinajstić information content (AvgIpc) is 3.05. The minimum absolute atomic E-state index is 0.130. The Kier molecular flexibility index (Phi) is 4.90. The van der Waals surface area contributed by atoms with Gasteiger partial charge in [-0.3, -0.25) is 9.36 Å². The molecule has 3 rings (SSSR count). The molecule has 0 amide bonds. The van der Waals surface area contributed by atoms with Gasteiger partial charge in [-0.05, 0) is 36.4 Å². The Morgan fingerprint density at radius 2 is 1.83 bits per heavy atom. The quantitative estimate of drug-likeness (QED) is 0.525. The van der Waals surface area contributed by atoms with Crippen LogP contribution in [0.5, 0.6) is 0 Å². The summed E-state index contributed by atoms with van der Waals surface area (Å²) in [6, 6.07) is 15.6. The number of halogens is 1. The number of thioether (sulfide) groups is 1. The molecule has 0 aliphatic carbocycles. The molecule has 0 aliphatic heterocycles. The van der Waals surface area contributed by atoms with Crippen LogP contribution in [-0.4, -0.2) is 33.6 Å². The summed E-state index contributed by atoms with van der Waals surface area (Å²) in [6.07, 6.45) is 0. The number of esters is 1. The molecule has 0 saturated carbocycles. The van der Waals surface area contributed by atoms with Crippen LogP contribution in [0.25, 0.3) is 17.1 Å². The number of nitrogens with zero attached hydrogens (tertiary/aromatic N) is 3. The standard InChI is InChI=1S/C17H14FN3O2S/c1-23-15(22)11-24-17-20-19-16(12-7-9-13(18)10-8-12)21(17)14-5-3-2-4-6-14/h2-10H,11H2,1H3. The lowest BCUT2D eigenvalue weighted by molar-refractivity contribution is -0.137. The molecular formula is C17H14FN3O2S. The zero-order valence-electron chi connectivity index (χ0n) is 12.8. The van der Waals surface area contributed by atoms with Crippen molar-refractivity contribution in [2.75, 3.05) is 12.9 Å². The van der Waals surface area contributed by atoms with Gasteiger partial charge in [0.1, 0.15) is 5.82 Å². The lowest BCUT2D eigenvalue weighted by Gasteiger charge is -2.10. The van der Waals surface area contributed by atoms with Gasteiger partial charge in [-0.25, -0.2) is 4.39 Å². The lowest BCUT2D eigenvalue weighted by Crippen LogP contribution is -2.05. The van der Waals surface area contributed by atoms with E-state index in [1.54, 1.807) is 12.1 Å². The topological polar surface area (TPSA) is 57.0 Å². The van der Waals surface area contributed by atoms with E-state index in [0.717, 1.165) is 11.3 Å². The molecule has 1 aromatic heterocycles. The van der Waals surface area contributed by atoms with E-state index >= 15 is 0 Å². The summed E-state index contributed by atoms with van der Waals surface area (Å²) in [5.41, 5.74) is 1.59. The fourth-order valence-corrected chi connectivity index (χ4v) is 2.93. The van der Waals surface area contributed by atoms with Crippen molar-refractivity contribution in [3.05, 3.63) is 60.4 Å². The molecule has 1 heterocycles. The van der Waals surface area contributed by atoms with E-state index in [1.165, 1.54) is 31.0 Å². The first-order chi connectivity index (χ1) is 11.7. The molecule has 24 heavy (non-hydrogen) atoms. The van der Waals surface area contributed by atoms with E-state index < -0.39 is 0 Å². The summed E-state index contributed by atoms with van der Waals surface area (Å²) in [5, 5.41) is 8.95. The second-order valence-electron chi connectivity index (χ2n) is 4.85. The third kappa shape index (κ3) is 3.46. The van der Waals surface area contributed by atoms with Gasteiger partial charge in [0.05, 0.1) is 12.9 Å². The molecule has 0 bridgehead atoms. The molecule has 0 spiro atoms. The van der Waals surface area contributed by atoms with Crippen LogP contribution in [0.15, 0.2) is 59.8 Å². The number of aromatic nitrogens is 3. The van der Waals surface area contributed by atoms with Crippen LogP contribution in [0.3, 0.4) is 0 Å². The van der Waals surface area contributed by atoms with Gasteiger partial charge in [0.25, 0.3) is 0 Å². The van der Waals surface area contributed by atoms with Crippen molar-refractivity contribution in [1.29, 1.82) is 0 Å². The van der Waals surface area contributed by atoms with E-state index in [2.05, 4.69) is 14.9 Å². The predicted octanol–water partition coefficient (Wildman–Crippen LogP) is 3.34. The largest absolute Gasteiger partial charge is 0.468 e. The van der Waals surface area contributed by atoms with E-state index in [9.17, 15) is 9.18 Å². The summed E-state index contributed by atoms with van der Waals surface area (Å²) in [7, 11) is 1.34. The fraction of sp³-hybridized carbons (Fsp3) is 0.118. The summed E-state index contributed by atoms with van der Waals surface area (Å²) in [5.74, 6) is 0.0505. The summed E-state index contributed by atoms with van der Waals surface area (Å²) < 4.78 is 19.7. The number of carbonyl (C=O) groups is 1. The van der Waals surface area contributed by atoms with E-state index in [4.69, 9.17) is 0 Å². The van der Waals surface area contributed by atoms with Gasteiger partial charge >= 0.3 is 5.97 Å². The number of ether oxygens (including phenoxy) is 1. The number of hydrogen-bond acceptors (Lipinski definition) is 5. The molecule has 0 aliphatic rings. The van der Waals surface area contributed by atoms with Gasteiger partial charge in [-0.15, -0.1) is 10.2 Å². The Morgan fingerprint density at radius 3 is 2.50 bits per heavy atom. The third-order valence-electron chi connectivity index (χ3n) is 3.30. The van der Waals surface area contributed by atoms with Crippen molar-refractivity contribution in [2.45, 2.75) is 5.16 Å². The number of rotatable bonds is 5. The SMILES string of the molecule is COC(=O)CSc1nnc(-c2ccc(F)cc2)n1-c1ccccc1. The van der Waals surface area contributed by atoms with Crippen LogP contribution < -0.4 is 0 Å². The fourth-order valence-electron chi connectivity index (χ4n) is 2.14. The van der Waals surface area contributed by atoms with Gasteiger partial charge in [-0.2, -0.15) is 0 Å². The van der Waals surface area contributed by atoms with Gasteiger partial charge in [0.2, 0.25) is 0 Å². The van der Waals surface area contributed by atoms with E-state index in [0.29, 0.717) is 11.0 Å². The van der Waals surface area contributed by atoms with Crippen LogP contribution >= 0.6 is 11.8 Å². The Hall–Kier alpha value is -2.67. The Balaban J connectivity index is 2.04. The Labute approximate surface area is 142 Å². The highest BCUT2D eigenvalue weighted by Crippen LogP contribution is 2.28. The second-order valence-corrected chi connectivity index (χ2v) is 5.79. The normalized spacial score (nSPS) is 10.6. The monoisotopic (exact) mass is 343 g/mol. The van der Waals surface area contributed by atoms with Crippen molar-refractivity contribution in [3.63, 3.8) is 0 Å². The van der Waals surface area contributed by atoms with Crippen LogP contribution in [0.1, 0.15) is 0 Å². The van der Waals surface area contributed by atoms with Gasteiger partial charge < -0.3 is 4.74 Å². The minimum Gasteiger partial charge on any atom is -0.468 e. The second kappa shape index (κ2) is 7.27. The van der Waals surface area contributed by atoms with E-state index in [-0.39, 0.29) is 17.5 Å². The van der Waals surface area contributed by atoms with Crippen LogP contribution in [0, 0.1) is 5.82 Å². The average molecular weight is 343 g/mol. The lowest BCUT2D eigenvalue weighted by atomic mass is 10.2. The van der Waals surface area contributed by atoms with Gasteiger partial charge in [0.15, 0.2) is 11.0 Å². The molecule has 7 heteroatoms. The highest BCUT2D eigenvalue weighted by Gasteiger charge is 2.17. The Morgan fingerprint density at radius 1 is 1.12 bits per heavy atom. The highest BCUT2D eigenvalue weighted by molar-refractivity contribution is 7.99. The summed E-state index contributed by atoms with van der Waals surface area (Å²) >= 11 is 1.23. The van der Waals surface area contributed by atoms with Crippen molar-refractivity contribution in [3.8, 4) is 17.1 Å². The van der Waals surface area contributed by atoms with Crippen molar-refractivity contribution in [2.24, 2.45) is 0 Å². The molecule has 5 nitrogen and oxygen atoms in total. The van der Waals surface area contributed by atoms with Gasteiger partial charge in [-0.1, -0.05) is 30.0 Å². The number of carbonyl (C=O) groups excluding carboxylic acids is 1. The molecule has 0 unspecified atom stereocenters. The van der Waals surface area contributed by atoms with Gasteiger partial charge in [0, 0.05) is 11.3 Å². The summed E-state index contributed by atoms with van der Waals surface area (Å²) in [4.78, 5) is 11.4. The zero-order valence-corrected chi connectivity index (χ0v) is 13.7.